The number of amides is 2. The molecular weight excluding hydrogens is 346 g/mol. The Morgan fingerprint density at radius 2 is 1.62 bits per heavy atom. The second-order valence-corrected chi connectivity index (χ2v) is 7.21. The number of carbonyl (C=O) groups is 2. The van der Waals surface area contributed by atoms with Crippen LogP contribution in [0.4, 0.5) is 0 Å². The Morgan fingerprint density at radius 1 is 0.923 bits per heavy atom. The lowest BCUT2D eigenvalue weighted by Gasteiger charge is -2.09. The van der Waals surface area contributed by atoms with Crippen molar-refractivity contribution in [1.29, 1.82) is 0 Å². The normalized spacial score (nSPS) is 10.4. The van der Waals surface area contributed by atoms with E-state index < -0.39 is 0 Å². The Hall–Kier alpha value is -2.99. The first kappa shape index (κ1) is 17.8. The first-order chi connectivity index (χ1) is 12.5. The van der Waals surface area contributed by atoms with Crippen molar-refractivity contribution in [2.75, 3.05) is 0 Å². The molecule has 0 aliphatic rings. The number of thiazole rings is 1. The molecule has 5 nitrogen and oxygen atoms in total. The van der Waals surface area contributed by atoms with Gasteiger partial charge in [-0.2, -0.15) is 0 Å². The van der Waals surface area contributed by atoms with Crippen molar-refractivity contribution in [3.05, 3.63) is 75.1 Å². The lowest BCUT2D eigenvalue weighted by Crippen LogP contribution is -2.41. The number of hydrogen-bond donors (Lipinski definition) is 2. The Morgan fingerprint density at radius 3 is 2.31 bits per heavy atom. The van der Waals surface area contributed by atoms with Gasteiger partial charge in [-0.05, 0) is 32.4 Å². The Bertz CT molecular complexity index is 964. The molecule has 6 heteroatoms. The summed E-state index contributed by atoms with van der Waals surface area (Å²) in [5.41, 5.74) is 8.92. The number of nitrogens with zero attached hydrogens (tertiary/aromatic N) is 1. The maximum Gasteiger partial charge on any atom is 0.282 e. The van der Waals surface area contributed by atoms with Gasteiger partial charge in [-0.3, -0.25) is 20.4 Å². The molecule has 26 heavy (non-hydrogen) atoms. The topological polar surface area (TPSA) is 71.1 Å². The summed E-state index contributed by atoms with van der Waals surface area (Å²) in [5, 5.41) is 0.787. The second-order valence-electron chi connectivity index (χ2n) is 6.00. The number of hydrazine groups is 1. The van der Waals surface area contributed by atoms with Crippen molar-refractivity contribution in [3.8, 4) is 11.3 Å². The molecule has 0 aliphatic heterocycles. The fourth-order valence-corrected chi connectivity index (χ4v) is 3.51. The Labute approximate surface area is 156 Å². The van der Waals surface area contributed by atoms with Gasteiger partial charge in [-0.15, -0.1) is 11.3 Å². The smallest absolute Gasteiger partial charge is 0.267 e. The van der Waals surface area contributed by atoms with Crippen molar-refractivity contribution in [1.82, 2.24) is 15.8 Å². The monoisotopic (exact) mass is 365 g/mol. The Kier molecular flexibility index (Phi) is 5.14. The summed E-state index contributed by atoms with van der Waals surface area (Å²) in [6.07, 6.45) is 0. The van der Waals surface area contributed by atoms with Gasteiger partial charge in [0, 0.05) is 11.1 Å². The maximum atomic E-state index is 12.6. The van der Waals surface area contributed by atoms with Crippen LogP contribution >= 0.6 is 11.3 Å². The first-order valence-corrected chi connectivity index (χ1v) is 8.98. The van der Waals surface area contributed by atoms with Gasteiger partial charge in [0.05, 0.1) is 10.7 Å². The van der Waals surface area contributed by atoms with E-state index in [9.17, 15) is 9.59 Å². The third kappa shape index (κ3) is 3.81. The van der Waals surface area contributed by atoms with Crippen molar-refractivity contribution >= 4 is 23.2 Å². The average molecular weight is 365 g/mol. The van der Waals surface area contributed by atoms with E-state index >= 15 is 0 Å². The highest BCUT2D eigenvalue weighted by atomic mass is 32.1. The zero-order valence-corrected chi connectivity index (χ0v) is 15.6. The average Bonchev–Trinajstić information content (AvgIpc) is 3.02. The van der Waals surface area contributed by atoms with E-state index in [0.29, 0.717) is 16.1 Å². The van der Waals surface area contributed by atoms with Gasteiger partial charge in [0.15, 0.2) is 0 Å². The number of rotatable bonds is 3. The summed E-state index contributed by atoms with van der Waals surface area (Å²) in [6.45, 7) is 5.68. The summed E-state index contributed by atoms with van der Waals surface area (Å²) in [6, 6.07) is 15.0. The minimum Gasteiger partial charge on any atom is -0.267 e. The van der Waals surface area contributed by atoms with E-state index in [4.69, 9.17) is 0 Å². The molecule has 0 atom stereocenters. The van der Waals surface area contributed by atoms with Gasteiger partial charge in [0.2, 0.25) is 0 Å². The molecular formula is C20H19N3O2S. The molecule has 2 aromatic carbocycles. The van der Waals surface area contributed by atoms with E-state index in [0.717, 1.165) is 21.7 Å². The van der Waals surface area contributed by atoms with Crippen molar-refractivity contribution in [2.24, 2.45) is 0 Å². The highest BCUT2D eigenvalue weighted by molar-refractivity contribution is 7.14. The molecule has 0 aliphatic carbocycles. The number of benzene rings is 2. The number of nitrogens with one attached hydrogen (secondary N) is 2. The van der Waals surface area contributed by atoms with E-state index in [1.165, 1.54) is 11.3 Å². The minimum absolute atomic E-state index is 0.349. The molecule has 3 rings (SSSR count). The van der Waals surface area contributed by atoms with Crippen molar-refractivity contribution < 1.29 is 9.59 Å². The van der Waals surface area contributed by atoms with Crippen LogP contribution in [0.25, 0.3) is 11.3 Å². The Balaban J connectivity index is 1.76. The third-order valence-electron chi connectivity index (χ3n) is 3.90. The molecule has 132 valence electrons. The van der Waals surface area contributed by atoms with E-state index in [1.807, 2.05) is 63.2 Å². The van der Waals surface area contributed by atoms with Gasteiger partial charge in [0.1, 0.15) is 4.88 Å². The van der Waals surface area contributed by atoms with Gasteiger partial charge in [-0.1, -0.05) is 48.0 Å². The van der Waals surface area contributed by atoms with Gasteiger partial charge >= 0.3 is 0 Å². The zero-order valence-electron chi connectivity index (χ0n) is 14.8. The maximum absolute atomic E-state index is 12.6. The molecule has 0 unspecified atom stereocenters. The number of hydrogen-bond acceptors (Lipinski definition) is 4. The van der Waals surface area contributed by atoms with Crippen LogP contribution in [0.1, 0.15) is 36.2 Å². The SMILES string of the molecule is Cc1ccc(C(=O)NNC(=O)c2sc(C)nc2-c2ccccc2)c(C)c1. The molecule has 1 aromatic heterocycles. The molecule has 1 heterocycles. The quantitative estimate of drug-likeness (QED) is 0.693. The number of aromatic nitrogens is 1. The highest BCUT2D eigenvalue weighted by Crippen LogP contribution is 2.27. The fourth-order valence-electron chi connectivity index (χ4n) is 2.68. The van der Waals surface area contributed by atoms with Gasteiger partial charge in [-0.25, -0.2) is 4.98 Å². The molecule has 3 aromatic rings. The van der Waals surface area contributed by atoms with Crippen molar-refractivity contribution in [2.45, 2.75) is 20.8 Å². The molecule has 0 saturated carbocycles. The molecule has 0 bridgehead atoms. The highest BCUT2D eigenvalue weighted by Gasteiger charge is 2.19. The van der Waals surface area contributed by atoms with Crippen LogP contribution in [0.3, 0.4) is 0 Å². The third-order valence-corrected chi connectivity index (χ3v) is 4.87. The molecule has 0 radical (unpaired) electrons. The summed E-state index contributed by atoms with van der Waals surface area (Å²) in [4.78, 5) is 29.8. The van der Waals surface area contributed by atoms with Gasteiger partial charge in [0.25, 0.3) is 11.8 Å². The molecule has 2 N–H and O–H groups in total. The predicted molar refractivity (Wildman–Crippen MR) is 103 cm³/mol. The standard InChI is InChI=1S/C20H19N3O2S/c1-12-9-10-16(13(2)11-12)19(24)22-23-20(25)18-17(21-14(3)26-18)15-7-5-4-6-8-15/h4-11H,1-3H3,(H,22,24)(H,23,25). The zero-order chi connectivity index (χ0) is 18.7. The molecule has 0 fully saturated rings. The summed E-state index contributed by atoms with van der Waals surface area (Å²) < 4.78 is 0. The van der Waals surface area contributed by atoms with Crippen LogP contribution in [-0.4, -0.2) is 16.8 Å². The van der Waals surface area contributed by atoms with E-state index in [2.05, 4.69) is 15.8 Å². The van der Waals surface area contributed by atoms with Crippen molar-refractivity contribution in [3.63, 3.8) is 0 Å². The second kappa shape index (κ2) is 7.49. The van der Waals surface area contributed by atoms with Crippen LogP contribution in [0.2, 0.25) is 0 Å². The van der Waals surface area contributed by atoms with Crippen LogP contribution in [0.5, 0.6) is 0 Å². The summed E-state index contributed by atoms with van der Waals surface area (Å²) >= 11 is 1.30. The summed E-state index contributed by atoms with van der Waals surface area (Å²) in [7, 11) is 0. The number of carbonyl (C=O) groups excluding carboxylic acids is 2. The predicted octanol–water partition coefficient (Wildman–Crippen LogP) is 3.81. The van der Waals surface area contributed by atoms with Crippen LogP contribution in [0, 0.1) is 20.8 Å². The van der Waals surface area contributed by atoms with E-state index in [1.54, 1.807) is 6.07 Å². The van der Waals surface area contributed by atoms with Crippen LogP contribution in [0.15, 0.2) is 48.5 Å². The molecule has 2 amide bonds. The van der Waals surface area contributed by atoms with Crippen LogP contribution in [-0.2, 0) is 0 Å². The minimum atomic E-state index is -0.382. The largest absolute Gasteiger partial charge is 0.282 e. The van der Waals surface area contributed by atoms with E-state index in [-0.39, 0.29) is 11.8 Å². The summed E-state index contributed by atoms with van der Waals surface area (Å²) in [5.74, 6) is -0.731. The lowest BCUT2D eigenvalue weighted by molar-refractivity contribution is 0.0848. The van der Waals surface area contributed by atoms with Crippen LogP contribution < -0.4 is 10.9 Å². The number of aryl methyl sites for hydroxylation is 3. The molecule has 0 saturated heterocycles. The fraction of sp³-hybridized carbons (Fsp3) is 0.150. The molecule has 0 spiro atoms. The first-order valence-electron chi connectivity index (χ1n) is 8.16. The van der Waals surface area contributed by atoms with Gasteiger partial charge < -0.3 is 0 Å². The lowest BCUT2D eigenvalue weighted by atomic mass is 10.1.